The van der Waals surface area contributed by atoms with Gasteiger partial charge in [-0.1, -0.05) is 274 Å². The van der Waals surface area contributed by atoms with Crippen molar-refractivity contribution in [3.63, 3.8) is 0 Å². The van der Waals surface area contributed by atoms with Crippen molar-refractivity contribution in [3.8, 4) is 0 Å². The molecule has 0 saturated carbocycles. The predicted molar refractivity (Wildman–Crippen MR) is 338 cm³/mol. The fourth-order valence-corrected chi connectivity index (χ4v) is 10.7. The Hall–Kier alpha value is -2.38. The van der Waals surface area contributed by atoms with Gasteiger partial charge in [-0.15, -0.1) is 0 Å². The van der Waals surface area contributed by atoms with Crippen LogP contribution in [0.25, 0.3) is 0 Å². The first-order valence-electron chi connectivity index (χ1n) is 34.4. The van der Waals surface area contributed by atoms with E-state index in [2.05, 4.69) is 55.6 Å². The summed E-state index contributed by atoms with van der Waals surface area (Å²) in [4.78, 5) is 25.0. The van der Waals surface area contributed by atoms with Gasteiger partial charge in [-0.25, -0.2) is 0 Å². The van der Waals surface area contributed by atoms with Crippen molar-refractivity contribution in [3.05, 3.63) is 48.6 Å². The van der Waals surface area contributed by atoms with E-state index in [1.54, 1.807) is 6.08 Å². The van der Waals surface area contributed by atoms with Crippen LogP contribution in [-0.2, 0) is 23.8 Å². The number of hydrogen-bond acceptors (Lipinski definition) is 10. The Balaban J connectivity index is 1.93. The lowest BCUT2D eigenvalue weighted by atomic mass is 9.99. The van der Waals surface area contributed by atoms with Crippen molar-refractivity contribution >= 4 is 11.9 Å². The lowest BCUT2D eigenvalue weighted by molar-refractivity contribution is -0.302. The van der Waals surface area contributed by atoms with Crippen LogP contribution in [0.15, 0.2) is 48.6 Å². The maximum absolute atomic E-state index is 13.0. The number of ether oxygens (including phenoxy) is 3. The molecule has 1 aliphatic heterocycles. The third kappa shape index (κ3) is 48.5. The minimum atomic E-state index is -1.57. The molecule has 474 valence electrons. The molecule has 0 aromatic carbocycles. The molecule has 0 aromatic rings. The molecule has 1 rings (SSSR count). The summed E-state index contributed by atoms with van der Waals surface area (Å²) in [6.45, 7) is 4.29. The molecule has 1 fully saturated rings. The molecule has 11 nitrogen and oxygen atoms in total. The number of nitrogens with one attached hydrogen (secondary N) is 1. The summed E-state index contributed by atoms with van der Waals surface area (Å²) in [5, 5.41) is 54.3. The van der Waals surface area contributed by atoms with E-state index >= 15 is 0 Å². The maximum Gasteiger partial charge on any atom is 0.305 e. The highest BCUT2D eigenvalue weighted by Gasteiger charge is 2.44. The van der Waals surface area contributed by atoms with E-state index in [9.17, 15) is 35.1 Å². The van der Waals surface area contributed by atoms with Gasteiger partial charge >= 0.3 is 5.97 Å². The van der Waals surface area contributed by atoms with Gasteiger partial charge in [-0.2, -0.15) is 0 Å². The largest absolute Gasteiger partial charge is 0.466 e. The monoisotopic (exact) mass is 1140 g/mol. The van der Waals surface area contributed by atoms with Gasteiger partial charge in [0, 0.05) is 12.8 Å². The molecule has 0 bridgehead atoms. The number of unbranched alkanes of at least 4 members (excludes halogenated alkanes) is 40. The number of carbonyl (C=O) groups excluding carboxylic acids is 2. The van der Waals surface area contributed by atoms with Crippen LogP contribution in [0.4, 0.5) is 0 Å². The minimum absolute atomic E-state index is 0.00447. The molecule has 1 amide bonds. The second kappa shape index (κ2) is 59.4. The zero-order valence-corrected chi connectivity index (χ0v) is 52.5. The van der Waals surface area contributed by atoms with Crippen LogP contribution in [0.5, 0.6) is 0 Å². The standard InChI is InChI=1S/C70H129NO10/c1-3-5-7-9-11-13-37-42-46-50-54-58-66(75)79-59-55-51-47-43-39-36-34-32-30-28-26-24-22-20-18-16-14-15-17-19-21-23-25-27-29-31-33-35-38-41-45-49-53-57-65(74)71-62(63(73)56-52-48-44-40-12-10-8-6-4-2)61-80-70-69(78)68(77)67(76)64(60-72)81-70/h9,11,18,20,24,26,52,56,62-64,67-70,72-73,76-78H,3-8,10,12-17,19,21-23,25,27-51,53-55,57-61H2,1-2H3,(H,71,74)/b11-9-,20-18-,26-24-,56-52+. The lowest BCUT2D eigenvalue weighted by Gasteiger charge is -2.40. The van der Waals surface area contributed by atoms with Crippen molar-refractivity contribution in [1.82, 2.24) is 5.32 Å². The van der Waals surface area contributed by atoms with E-state index in [4.69, 9.17) is 14.2 Å². The van der Waals surface area contributed by atoms with E-state index in [0.717, 1.165) is 64.2 Å². The second-order valence-corrected chi connectivity index (χ2v) is 23.9. The number of allylic oxidation sites excluding steroid dienone is 7. The van der Waals surface area contributed by atoms with E-state index in [-0.39, 0.29) is 18.5 Å². The van der Waals surface area contributed by atoms with Crippen LogP contribution < -0.4 is 5.32 Å². The summed E-state index contributed by atoms with van der Waals surface area (Å²) in [5.41, 5.74) is 0. The Bertz CT molecular complexity index is 1480. The number of aliphatic hydroxyl groups excluding tert-OH is 5. The van der Waals surface area contributed by atoms with Crippen molar-refractivity contribution < 1.29 is 49.3 Å². The average Bonchev–Trinajstić information content (AvgIpc) is 3.48. The van der Waals surface area contributed by atoms with Gasteiger partial charge in [-0.3, -0.25) is 9.59 Å². The summed E-state index contributed by atoms with van der Waals surface area (Å²) >= 11 is 0. The van der Waals surface area contributed by atoms with Crippen LogP contribution in [-0.4, -0.2) is 100 Å². The van der Waals surface area contributed by atoms with Gasteiger partial charge < -0.3 is 45.1 Å². The summed E-state index contributed by atoms with van der Waals surface area (Å²) in [5.74, 6) is -0.186. The average molecular weight is 1140 g/mol. The lowest BCUT2D eigenvalue weighted by Crippen LogP contribution is -2.60. The topological polar surface area (TPSA) is 175 Å². The first kappa shape index (κ1) is 76.6. The zero-order valence-electron chi connectivity index (χ0n) is 52.5. The van der Waals surface area contributed by atoms with Crippen LogP contribution >= 0.6 is 0 Å². The Kier molecular flexibility index (Phi) is 56.2. The van der Waals surface area contributed by atoms with Gasteiger partial charge in [0.1, 0.15) is 24.4 Å². The van der Waals surface area contributed by atoms with Crippen LogP contribution in [0.3, 0.4) is 0 Å². The van der Waals surface area contributed by atoms with Crippen molar-refractivity contribution in [2.24, 2.45) is 0 Å². The fraction of sp³-hybridized carbons (Fsp3) is 0.857. The Morgan fingerprint density at radius 3 is 1.30 bits per heavy atom. The number of aliphatic hydroxyl groups is 5. The Labute approximate surface area is 497 Å². The Morgan fingerprint density at radius 1 is 0.457 bits per heavy atom. The van der Waals surface area contributed by atoms with Crippen LogP contribution in [0, 0.1) is 0 Å². The highest BCUT2D eigenvalue weighted by Crippen LogP contribution is 2.23. The number of amides is 1. The molecule has 1 saturated heterocycles. The molecular formula is C70H129NO10. The Morgan fingerprint density at radius 2 is 0.840 bits per heavy atom. The van der Waals surface area contributed by atoms with Gasteiger partial charge in [0.05, 0.1) is 32.0 Å². The first-order chi connectivity index (χ1) is 39.7. The smallest absolute Gasteiger partial charge is 0.305 e. The van der Waals surface area contributed by atoms with Gasteiger partial charge in [0.15, 0.2) is 6.29 Å². The SMILES string of the molecule is CCCC/C=C\CCCCCCCC(=O)OCCCCCCCCCCC/C=C\C/C=C\CCCCCCCCCCCCCCCCCCCC(=O)NC(COC1OC(CO)C(O)C(O)C1O)C(O)/C=C/CCCCCCCCC. The van der Waals surface area contributed by atoms with Gasteiger partial charge in [0.25, 0.3) is 0 Å². The molecule has 81 heavy (non-hydrogen) atoms. The molecule has 1 aliphatic rings. The predicted octanol–water partition coefficient (Wildman–Crippen LogP) is 17.2. The second-order valence-electron chi connectivity index (χ2n) is 23.9. The molecular weight excluding hydrogens is 1010 g/mol. The molecule has 0 aromatic heterocycles. The summed E-state index contributed by atoms with van der Waals surface area (Å²) in [6.07, 6.45) is 66.9. The zero-order chi connectivity index (χ0) is 58.7. The van der Waals surface area contributed by atoms with E-state index in [1.165, 1.54) is 231 Å². The van der Waals surface area contributed by atoms with E-state index in [0.29, 0.717) is 19.4 Å². The molecule has 0 aliphatic carbocycles. The molecule has 0 spiro atoms. The minimum Gasteiger partial charge on any atom is -0.466 e. The van der Waals surface area contributed by atoms with Crippen molar-refractivity contribution in [2.45, 2.75) is 365 Å². The third-order valence-corrected chi connectivity index (χ3v) is 16.2. The molecule has 6 N–H and O–H groups in total. The third-order valence-electron chi connectivity index (χ3n) is 16.2. The molecule has 7 unspecified atom stereocenters. The van der Waals surface area contributed by atoms with E-state index < -0.39 is 49.5 Å². The summed E-state index contributed by atoms with van der Waals surface area (Å²) < 4.78 is 16.7. The fourth-order valence-electron chi connectivity index (χ4n) is 10.7. The van der Waals surface area contributed by atoms with Crippen LogP contribution in [0.2, 0.25) is 0 Å². The van der Waals surface area contributed by atoms with Gasteiger partial charge in [0.2, 0.25) is 5.91 Å². The first-order valence-corrected chi connectivity index (χ1v) is 34.4. The maximum atomic E-state index is 13.0. The molecule has 0 radical (unpaired) electrons. The molecule has 7 atom stereocenters. The summed E-state index contributed by atoms with van der Waals surface area (Å²) in [6, 6.07) is -0.807. The van der Waals surface area contributed by atoms with Gasteiger partial charge in [-0.05, 0) is 83.5 Å². The van der Waals surface area contributed by atoms with Crippen LogP contribution in [0.1, 0.15) is 322 Å². The molecule has 1 heterocycles. The highest BCUT2D eigenvalue weighted by atomic mass is 16.7. The summed E-state index contributed by atoms with van der Waals surface area (Å²) in [7, 11) is 0. The highest BCUT2D eigenvalue weighted by molar-refractivity contribution is 5.76. The number of hydrogen-bond donors (Lipinski definition) is 6. The van der Waals surface area contributed by atoms with Crippen molar-refractivity contribution in [1.29, 1.82) is 0 Å². The number of esters is 1. The molecule has 11 heteroatoms. The van der Waals surface area contributed by atoms with E-state index in [1.807, 2.05) is 6.08 Å². The van der Waals surface area contributed by atoms with Crippen molar-refractivity contribution in [2.75, 3.05) is 19.8 Å². The number of carbonyl (C=O) groups is 2. The number of rotatable bonds is 60. The normalized spacial score (nSPS) is 18.5. The quantitative estimate of drug-likeness (QED) is 0.0195.